The number of benzene rings is 2. The van der Waals surface area contributed by atoms with Crippen LogP contribution in [0, 0.1) is 10.1 Å². The molecule has 0 aliphatic carbocycles. The molecule has 0 heterocycles. The van der Waals surface area contributed by atoms with Gasteiger partial charge in [0.25, 0.3) is 11.6 Å². The smallest absolute Gasteiger partial charge is 0.338 e. The zero-order valence-electron chi connectivity index (χ0n) is 14.7. The lowest BCUT2D eigenvalue weighted by molar-refractivity contribution is -0.384. The van der Waals surface area contributed by atoms with Crippen LogP contribution in [0.3, 0.4) is 0 Å². The summed E-state index contributed by atoms with van der Waals surface area (Å²) in [5.74, 6) is -0.924. The van der Waals surface area contributed by atoms with E-state index in [0.29, 0.717) is 17.9 Å². The van der Waals surface area contributed by atoms with Gasteiger partial charge >= 0.3 is 5.97 Å². The number of nitro groups is 1. The van der Waals surface area contributed by atoms with Crippen molar-refractivity contribution in [2.24, 2.45) is 0 Å². The zero-order chi connectivity index (χ0) is 19.8. The average molecular weight is 391 g/mol. The van der Waals surface area contributed by atoms with Gasteiger partial charge in [-0.3, -0.25) is 14.9 Å². The molecular formula is C19H19ClN2O5. The quantitative estimate of drug-likeness (QED) is 0.300. The molecule has 0 saturated carbocycles. The summed E-state index contributed by atoms with van der Waals surface area (Å²) >= 11 is 5.95. The van der Waals surface area contributed by atoms with Crippen molar-refractivity contribution in [2.75, 3.05) is 11.9 Å². The van der Waals surface area contributed by atoms with Crippen molar-refractivity contribution >= 4 is 34.9 Å². The van der Waals surface area contributed by atoms with Crippen LogP contribution < -0.4 is 5.32 Å². The number of esters is 1. The highest BCUT2D eigenvalue weighted by Crippen LogP contribution is 2.23. The first-order valence-electron chi connectivity index (χ1n) is 8.45. The number of unbranched alkanes of at least 4 members (excludes halogenated alkanes) is 2. The topological polar surface area (TPSA) is 98.5 Å². The van der Waals surface area contributed by atoms with Crippen LogP contribution in [0.5, 0.6) is 0 Å². The molecule has 0 spiro atoms. The van der Waals surface area contributed by atoms with E-state index in [9.17, 15) is 19.7 Å². The summed E-state index contributed by atoms with van der Waals surface area (Å²) < 4.78 is 5.17. The molecule has 8 heteroatoms. The number of carbonyl (C=O) groups excluding carboxylic acids is 2. The largest absolute Gasteiger partial charge is 0.462 e. The lowest BCUT2D eigenvalue weighted by Gasteiger charge is -2.08. The maximum Gasteiger partial charge on any atom is 0.338 e. The van der Waals surface area contributed by atoms with Gasteiger partial charge in [-0.15, -0.1) is 0 Å². The number of amides is 1. The van der Waals surface area contributed by atoms with Gasteiger partial charge < -0.3 is 10.1 Å². The van der Waals surface area contributed by atoms with Crippen LogP contribution >= 0.6 is 11.6 Å². The highest BCUT2D eigenvalue weighted by atomic mass is 35.5. The fourth-order valence-electron chi connectivity index (χ4n) is 2.29. The SMILES string of the molecule is CCCCCOC(=O)c1ccc(NC(=O)c2ccc([N+](=O)[O-])cc2Cl)cc1. The minimum absolute atomic E-state index is 0.0195. The molecule has 0 fully saturated rings. The van der Waals surface area contributed by atoms with Gasteiger partial charge in [0.1, 0.15) is 0 Å². The molecule has 2 aromatic carbocycles. The van der Waals surface area contributed by atoms with Gasteiger partial charge in [-0.2, -0.15) is 0 Å². The van der Waals surface area contributed by atoms with Crippen molar-refractivity contribution in [3.63, 3.8) is 0 Å². The summed E-state index contributed by atoms with van der Waals surface area (Å²) in [6, 6.07) is 9.86. The van der Waals surface area contributed by atoms with Crippen LogP contribution in [0.4, 0.5) is 11.4 Å². The molecule has 27 heavy (non-hydrogen) atoms. The predicted octanol–water partition coefficient (Wildman–Crippen LogP) is 4.85. The number of hydrogen-bond donors (Lipinski definition) is 1. The molecule has 0 saturated heterocycles. The second-order valence-corrected chi connectivity index (χ2v) is 6.20. The maximum atomic E-state index is 12.3. The first kappa shape index (κ1) is 20.4. The van der Waals surface area contributed by atoms with Crippen molar-refractivity contribution < 1.29 is 19.2 Å². The Bertz CT molecular complexity index is 836. The van der Waals surface area contributed by atoms with E-state index in [1.807, 2.05) is 0 Å². The van der Waals surface area contributed by atoms with Gasteiger partial charge in [-0.25, -0.2) is 4.79 Å². The molecule has 0 radical (unpaired) electrons. The molecule has 142 valence electrons. The molecule has 1 amide bonds. The number of halogens is 1. The van der Waals surface area contributed by atoms with Gasteiger partial charge in [0.05, 0.1) is 27.7 Å². The van der Waals surface area contributed by atoms with Gasteiger partial charge in [0.15, 0.2) is 0 Å². The highest BCUT2D eigenvalue weighted by Gasteiger charge is 2.15. The number of ether oxygens (including phenoxy) is 1. The fourth-order valence-corrected chi connectivity index (χ4v) is 2.55. The Morgan fingerprint density at radius 1 is 1.15 bits per heavy atom. The summed E-state index contributed by atoms with van der Waals surface area (Å²) in [5, 5.41) is 13.3. The third-order valence-corrected chi connectivity index (χ3v) is 4.08. The number of nitrogens with zero attached hydrogens (tertiary/aromatic N) is 1. The Morgan fingerprint density at radius 2 is 1.85 bits per heavy atom. The highest BCUT2D eigenvalue weighted by molar-refractivity contribution is 6.34. The Hall–Kier alpha value is -2.93. The number of hydrogen-bond acceptors (Lipinski definition) is 5. The van der Waals surface area contributed by atoms with E-state index < -0.39 is 16.8 Å². The molecule has 0 aromatic heterocycles. The molecule has 0 aliphatic heterocycles. The van der Waals surface area contributed by atoms with Gasteiger partial charge in [0.2, 0.25) is 0 Å². The van der Waals surface area contributed by atoms with E-state index in [1.54, 1.807) is 24.3 Å². The van der Waals surface area contributed by atoms with E-state index >= 15 is 0 Å². The summed E-state index contributed by atoms with van der Waals surface area (Å²) in [7, 11) is 0. The molecule has 0 bridgehead atoms. The minimum Gasteiger partial charge on any atom is -0.462 e. The Balaban J connectivity index is 1.98. The van der Waals surface area contributed by atoms with E-state index in [-0.39, 0.29) is 16.3 Å². The molecule has 1 N–H and O–H groups in total. The third-order valence-electron chi connectivity index (χ3n) is 3.77. The number of rotatable bonds is 8. The monoisotopic (exact) mass is 390 g/mol. The maximum absolute atomic E-state index is 12.3. The number of nitrogens with one attached hydrogen (secondary N) is 1. The standard InChI is InChI=1S/C19H19ClN2O5/c1-2-3-4-11-27-19(24)13-5-7-14(8-6-13)21-18(23)16-10-9-15(22(25)26)12-17(16)20/h5-10,12H,2-4,11H2,1H3,(H,21,23). The normalized spacial score (nSPS) is 10.3. The fraction of sp³-hybridized carbons (Fsp3) is 0.263. The minimum atomic E-state index is -0.590. The second-order valence-electron chi connectivity index (χ2n) is 5.80. The lowest BCUT2D eigenvalue weighted by atomic mass is 10.1. The van der Waals surface area contributed by atoms with Crippen LogP contribution in [0.2, 0.25) is 5.02 Å². The van der Waals surface area contributed by atoms with Crippen molar-refractivity contribution in [2.45, 2.75) is 26.2 Å². The first-order valence-corrected chi connectivity index (χ1v) is 8.82. The summed E-state index contributed by atoms with van der Waals surface area (Å²) in [4.78, 5) is 34.3. The van der Waals surface area contributed by atoms with Crippen molar-refractivity contribution in [3.8, 4) is 0 Å². The van der Waals surface area contributed by atoms with Crippen LogP contribution in [-0.2, 0) is 4.74 Å². The van der Waals surface area contributed by atoms with Gasteiger partial charge in [-0.05, 0) is 36.8 Å². The van der Waals surface area contributed by atoms with Gasteiger partial charge in [0, 0.05) is 17.8 Å². The zero-order valence-corrected chi connectivity index (χ0v) is 15.5. The van der Waals surface area contributed by atoms with Crippen molar-refractivity contribution in [3.05, 3.63) is 68.7 Å². The molecule has 7 nitrogen and oxygen atoms in total. The Morgan fingerprint density at radius 3 is 2.44 bits per heavy atom. The Labute approximate surface area is 161 Å². The molecule has 0 unspecified atom stereocenters. The van der Waals surface area contributed by atoms with Crippen LogP contribution in [0.1, 0.15) is 46.9 Å². The van der Waals surface area contributed by atoms with E-state index in [4.69, 9.17) is 16.3 Å². The molecule has 0 aliphatic rings. The molecule has 2 rings (SSSR count). The summed E-state index contributed by atoms with van der Waals surface area (Å²) in [6.07, 6.45) is 2.88. The van der Waals surface area contributed by atoms with Crippen LogP contribution in [-0.4, -0.2) is 23.4 Å². The number of anilines is 1. The summed E-state index contributed by atoms with van der Waals surface area (Å²) in [6.45, 7) is 2.45. The van der Waals surface area contributed by atoms with Gasteiger partial charge in [-0.1, -0.05) is 31.4 Å². The molecule has 0 atom stereocenters. The first-order chi connectivity index (χ1) is 12.9. The van der Waals surface area contributed by atoms with Crippen molar-refractivity contribution in [1.29, 1.82) is 0 Å². The number of nitro benzene ring substituents is 1. The number of carbonyl (C=O) groups is 2. The average Bonchev–Trinajstić information content (AvgIpc) is 2.65. The van der Waals surface area contributed by atoms with E-state index in [2.05, 4.69) is 12.2 Å². The van der Waals surface area contributed by atoms with Crippen LogP contribution in [0.25, 0.3) is 0 Å². The molecule has 2 aromatic rings. The lowest BCUT2D eigenvalue weighted by Crippen LogP contribution is -2.13. The van der Waals surface area contributed by atoms with Crippen molar-refractivity contribution in [1.82, 2.24) is 0 Å². The third kappa shape index (κ3) is 5.79. The van der Waals surface area contributed by atoms with E-state index in [0.717, 1.165) is 25.3 Å². The predicted molar refractivity (Wildman–Crippen MR) is 102 cm³/mol. The van der Waals surface area contributed by atoms with E-state index in [1.165, 1.54) is 12.1 Å². The van der Waals surface area contributed by atoms with Crippen LogP contribution in [0.15, 0.2) is 42.5 Å². The second kappa shape index (κ2) is 9.68. The number of non-ortho nitro benzene ring substituents is 1. The Kier molecular flexibility index (Phi) is 7.31. The molecular weight excluding hydrogens is 372 g/mol. The summed E-state index contributed by atoms with van der Waals surface area (Å²) in [5.41, 5.74) is 0.759.